The van der Waals surface area contributed by atoms with E-state index in [9.17, 15) is 14.9 Å². The van der Waals surface area contributed by atoms with E-state index in [4.69, 9.17) is 16.3 Å². The van der Waals surface area contributed by atoms with Crippen molar-refractivity contribution in [3.8, 4) is 0 Å². The third-order valence-corrected chi connectivity index (χ3v) is 7.53. The number of aromatic nitrogens is 1. The van der Waals surface area contributed by atoms with Crippen LogP contribution in [0.2, 0.25) is 5.02 Å². The fraction of sp³-hybridized carbons (Fsp3) is 0.345. The SMILES string of the molecule is CCn1c2ccccc2c2cc(CN(CCCN3CCOCC3)C(=O)c3ccc([N+](=O)[O-])cc3Cl)ccc21. The quantitative estimate of drug-likeness (QED) is 0.202. The highest BCUT2D eigenvalue weighted by Gasteiger charge is 2.22. The van der Waals surface area contributed by atoms with Crippen LogP contribution in [0.4, 0.5) is 5.69 Å². The fourth-order valence-corrected chi connectivity index (χ4v) is 5.54. The highest BCUT2D eigenvalue weighted by atomic mass is 35.5. The number of fused-ring (bicyclic) bond motifs is 3. The van der Waals surface area contributed by atoms with Crippen LogP contribution >= 0.6 is 11.6 Å². The number of halogens is 1. The maximum absolute atomic E-state index is 13.7. The van der Waals surface area contributed by atoms with Gasteiger partial charge in [0, 0.05) is 73.2 Å². The van der Waals surface area contributed by atoms with Crippen LogP contribution in [0.25, 0.3) is 21.8 Å². The molecular formula is C29H31ClN4O4. The van der Waals surface area contributed by atoms with E-state index >= 15 is 0 Å². The topological polar surface area (TPSA) is 80.8 Å². The molecule has 0 N–H and O–H groups in total. The minimum Gasteiger partial charge on any atom is -0.379 e. The Hall–Kier alpha value is -3.46. The predicted octanol–water partition coefficient (Wildman–Crippen LogP) is 5.74. The molecule has 1 saturated heterocycles. The first kappa shape index (κ1) is 26.2. The Kier molecular flexibility index (Phi) is 7.93. The van der Waals surface area contributed by atoms with Crippen molar-refractivity contribution in [2.45, 2.75) is 26.4 Å². The van der Waals surface area contributed by atoms with E-state index in [0.29, 0.717) is 13.1 Å². The monoisotopic (exact) mass is 534 g/mol. The molecule has 0 bridgehead atoms. The zero-order valence-electron chi connectivity index (χ0n) is 21.4. The Balaban J connectivity index is 1.43. The van der Waals surface area contributed by atoms with Gasteiger partial charge in [0.1, 0.15) is 0 Å². The number of para-hydroxylation sites is 1. The molecule has 1 aliphatic heterocycles. The number of ether oxygens (including phenoxy) is 1. The van der Waals surface area contributed by atoms with E-state index in [-0.39, 0.29) is 22.2 Å². The number of nitrogens with zero attached hydrogens (tertiary/aromatic N) is 4. The van der Waals surface area contributed by atoms with Crippen molar-refractivity contribution in [1.82, 2.24) is 14.4 Å². The lowest BCUT2D eigenvalue weighted by atomic mass is 10.1. The maximum atomic E-state index is 13.7. The summed E-state index contributed by atoms with van der Waals surface area (Å²) >= 11 is 6.36. The Morgan fingerprint density at radius 3 is 2.55 bits per heavy atom. The number of carbonyl (C=O) groups is 1. The highest BCUT2D eigenvalue weighted by molar-refractivity contribution is 6.34. The van der Waals surface area contributed by atoms with Gasteiger partial charge in [-0.05, 0) is 43.2 Å². The van der Waals surface area contributed by atoms with Gasteiger partial charge >= 0.3 is 0 Å². The number of rotatable bonds is 9. The molecule has 38 heavy (non-hydrogen) atoms. The molecule has 198 valence electrons. The first-order valence-electron chi connectivity index (χ1n) is 13.0. The number of nitro benzene ring substituents is 1. The normalized spacial score (nSPS) is 14.3. The van der Waals surface area contributed by atoms with Crippen LogP contribution in [0.5, 0.6) is 0 Å². The lowest BCUT2D eigenvalue weighted by Gasteiger charge is -2.28. The number of aryl methyl sites for hydroxylation is 1. The lowest BCUT2D eigenvalue weighted by Crippen LogP contribution is -2.39. The summed E-state index contributed by atoms with van der Waals surface area (Å²) in [6.45, 7) is 8.06. The van der Waals surface area contributed by atoms with Gasteiger partial charge in [-0.2, -0.15) is 0 Å². The summed E-state index contributed by atoms with van der Waals surface area (Å²) in [5, 5.41) is 13.6. The molecule has 3 aromatic carbocycles. The van der Waals surface area contributed by atoms with Crippen molar-refractivity contribution in [1.29, 1.82) is 0 Å². The molecule has 0 radical (unpaired) electrons. The molecule has 0 unspecified atom stereocenters. The van der Waals surface area contributed by atoms with Gasteiger partial charge in [-0.25, -0.2) is 0 Å². The van der Waals surface area contributed by atoms with Crippen LogP contribution in [-0.4, -0.2) is 64.6 Å². The molecule has 9 heteroatoms. The first-order valence-corrected chi connectivity index (χ1v) is 13.4. The second-order valence-electron chi connectivity index (χ2n) is 9.57. The largest absolute Gasteiger partial charge is 0.379 e. The Bertz CT molecular complexity index is 1480. The number of hydrogen-bond donors (Lipinski definition) is 0. The lowest BCUT2D eigenvalue weighted by molar-refractivity contribution is -0.384. The van der Waals surface area contributed by atoms with Gasteiger partial charge in [0.05, 0.1) is 28.7 Å². The Morgan fingerprint density at radius 2 is 1.82 bits per heavy atom. The molecule has 0 saturated carbocycles. The summed E-state index contributed by atoms with van der Waals surface area (Å²) in [5.74, 6) is -0.233. The second-order valence-corrected chi connectivity index (χ2v) is 9.98. The van der Waals surface area contributed by atoms with E-state index < -0.39 is 4.92 Å². The van der Waals surface area contributed by atoms with Crippen molar-refractivity contribution in [3.05, 3.63) is 86.9 Å². The molecule has 1 amide bonds. The van der Waals surface area contributed by atoms with E-state index in [1.807, 2.05) is 6.07 Å². The van der Waals surface area contributed by atoms with Gasteiger partial charge < -0.3 is 14.2 Å². The highest BCUT2D eigenvalue weighted by Crippen LogP contribution is 2.30. The number of amides is 1. The molecule has 2 heterocycles. The zero-order valence-corrected chi connectivity index (χ0v) is 22.2. The molecule has 5 rings (SSSR count). The van der Waals surface area contributed by atoms with Crippen LogP contribution in [-0.2, 0) is 17.8 Å². The van der Waals surface area contributed by atoms with E-state index in [1.165, 1.54) is 34.6 Å². The smallest absolute Gasteiger partial charge is 0.270 e. The number of benzene rings is 3. The summed E-state index contributed by atoms with van der Waals surface area (Å²) < 4.78 is 7.75. The van der Waals surface area contributed by atoms with E-state index in [1.54, 1.807) is 4.90 Å². The van der Waals surface area contributed by atoms with Crippen LogP contribution < -0.4 is 0 Å². The number of nitro groups is 1. The molecule has 1 fully saturated rings. The zero-order chi connectivity index (χ0) is 26.6. The van der Waals surface area contributed by atoms with Crippen LogP contribution in [0, 0.1) is 10.1 Å². The summed E-state index contributed by atoms with van der Waals surface area (Å²) in [6, 6.07) is 18.8. The molecule has 1 aliphatic rings. The number of morpholine rings is 1. The number of non-ortho nitro benzene ring substituents is 1. The van der Waals surface area contributed by atoms with Gasteiger partial charge in [-0.1, -0.05) is 35.9 Å². The summed E-state index contributed by atoms with van der Waals surface area (Å²) in [6.07, 6.45) is 0.799. The van der Waals surface area contributed by atoms with Crippen molar-refractivity contribution < 1.29 is 14.5 Å². The molecule has 0 spiro atoms. The minimum atomic E-state index is -0.512. The van der Waals surface area contributed by atoms with Gasteiger partial charge in [-0.15, -0.1) is 0 Å². The Labute approximate surface area is 226 Å². The molecule has 1 aromatic heterocycles. The van der Waals surface area contributed by atoms with E-state index in [0.717, 1.165) is 56.8 Å². The van der Waals surface area contributed by atoms with Crippen molar-refractivity contribution in [2.24, 2.45) is 0 Å². The standard InChI is InChI=1S/C29H31ClN4O4/c1-2-33-27-7-4-3-6-23(27)25-18-21(8-11-28(25)33)20-32(13-5-12-31-14-16-38-17-15-31)29(35)24-10-9-22(34(36)37)19-26(24)30/h3-4,6-11,18-19H,2,5,12-17,20H2,1H3. The maximum Gasteiger partial charge on any atom is 0.270 e. The summed E-state index contributed by atoms with van der Waals surface area (Å²) in [7, 11) is 0. The van der Waals surface area contributed by atoms with Crippen molar-refractivity contribution in [2.75, 3.05) is 39.4 Å². The molecule has 0 aliphatic carbocycles. The second kappa shape index (κ2) is 11.5. The Morgan fingerprint density at radius 1 is 1.05 bits per heavy atom. The predicted molar refractivity (Wildman–Crippen MR) is 150 cm³/mol. The first-order chi connectivity index (χ1) is 18.5. The minimum absolute atomic E-state index is 0.0869. The average molecular weight is 535 g/mol. The summed E-state index contributed by atoms with van der Waals surface area (Å²) in [4.78, 5) is 28.5. The summed E-state index contributed by atoms with van der Waals surface area (Å²) in [5.41, 5.74) is 3.52. The number of hydrogen-bond acceptors (Lipinski definition) is 5. The van der Waals surface area contributed by atoms with Crippen LogP contribution in [0.1, 0.15) is 29.3 Å². The average Bonchev–Trinajstić information content (AvgIpc) is 3.25. The van der Waals surface area contributed by atoms with Gasteiger partial charge in [-0.3, -0.25) is 19.8 Å². The van der Waals surface area contributed by atoms with Crippen molar-refractivity contribution in [3.63, 3.8) is 0 Å². The van der Waals surface area contributed by atoms with Crippen molar-refractivity contribution >= 4 is 45.0 Å². The molecule has 4 aromatic rings. The van der Waals surface area contributed by atoms with Gasteiger partial charge in [0.15, 0.2) is 0 Å². The van der Waals surface area contributed by atoms with Gasteiger partial charge in [0.2, 0.25) is 0 Å². The number of carbonyl (C=O) groups excluding carboxylic acids is 1. The van der Waals surface area contributed by atoms with Gasteiger partial charge in [0.25, 0.3) is 11.6 Å². The third-order valence-electron chi connectivity index (χ3n) is 7.21. The van der Waals surface area contributed by atoms with Crippen LogP contribution in [0.3, 0.4) is 0 Å². The van der Waals surface area contributed by atoms with E-state index in [2.05, 4.69) is 52.8 Å². The molecule has 8 nitrogen and oxygen atoms in total. The third kappa shape index (κ3) is 5.38. The van der Waals surface area contributed by atoms with Crippen LogP contribution in [0.15, 0.2) is 60.7 Å². The molecule has 0 atom stereocenters. The fourth-order valence-electron chi connectivity index (χ4n) is 5.28. The molecular weight excluding hydrogens is 504 g/mol.